The van der Waals surface area contributed by atoms with Crippen molar-refractivity contribution in [3.8, 4) is 39.9 Å². The average molecular weight is 733 g/mol. The van der Waals surface area contributed by atoms with Gasteiger partial charge in [-0.3, -0.25) is 4.57 Å². The molecule has 0 amide bonds. The van der Waals surface area contributed by atoms with Gasteiger partial charge in [-0.15, -0.1) is 21.9 Å². The number of hydrogen-bond donors (Lipinski definition) is 0. The predicted molar refractivity (Wildman–Crippen MR) is 248 cm³/mol. The van der Waals surface area contributed by atoms with E-state index in [2.05, 4.69) is 18.2 Å². The molecule has 0 saturated heterocycles. The summed E-state index contributed by atoms with van der Waals surface area (Å²) >= 11 is 0. The first kappa shape index (κ1) is 35.6. The van der Waals surface area contributed by atoms with Crippen LogP contribution in [0.2, 0.25) is 0 Å². The van der Waals surface area contributed by atoms with Crippen molar-refractivity contribution in [3.05, 3.63) is 109 Å². The van der Waals surface area contributed by atoms with Crippen molar-refractivity contribution in [1.82, 2.24) is 19.5 Å². The van der Waals surface area contributed by atoms with E-state index in [0.717, 1.165) is 49.4 Å². The SMILES string of the molecule is [B]c1c([B])c([B])c2c(c1[B])c1c([B])c([B])c([B])c([B])c1n2-c1nc(-c2ccccc2)nc(-c2ccc3c(c2)oc2c(-c4cccc5c4oc4ccccc45)cccc23)n1. The fraction of sp³-hybridized carbons (Fsp3) is 0. The molecule has 0 aliphatic rings. The van der Waals surface area contributed by atoms with E-state index in [9.17, 15) is 0 Å². The van der Waals surface area contributed by atoms with Gasteiger partial charge >= 0.3 is 0 Å². The van der Waals surface area contributed by atoms with Crippen LogP contribution in [0.3, 0.4) is 0 Å². The van der Waals surface area contributed by atoms with Gasteiger partial charge in [0.15, 0.2) is 11.6 Å². The van der Waals surface area contributed by atoms with Crippen LogP contribution in [0.4, 0.5) is 0 Å². The number of furan rings is 2. The highest BCUT2D eigenvalue weighted by Gasteiger charge is 2.25. The number of fused-ring (bicyclic) bond motifs is 9. The van der Waals surface area contributed by atoms with Gasteiger partial charge in [0.25, 0.3) is 0 Å². The van der Waals surface area contributed by atoms with Crippen molar-refractivity contribution in [1.29, 1.82) is 0 Å². The van der Waals surface area contributed by atoms with Gasteiger partial charge in [0, 0.05) is 54.8 Å². The maximum absolute atomic E-state index is 6.75. The Morgan fingerprint density at radius 1 is 0.390 bits per heavy atom. The van der Waals surface area contributed by atoms with E-state index >= 15 is 0 Å². The molecule has 0 aliphatic heterocycles. The third-order valence-corrected chi connectivity index (χ3v) is 11.3. The monoisotopic (exact) mass is 734 g/mol. The van der Waals surface area contributed by atoms with Crippen molar-refractivity contribution >= 4 is 172 Å². The van der Waals surface area contributed by atoms with Crippen LogP contribution in [0.1, 0.15) is 0 Å². The zero-order valence-electron chi connectivity index (χ0n) is 31.1. The maximum Gasteiger partial charge on any atom is 0.238 e. The summed E-state index contributed by atoms with van der Waals surface area (Å²) in [7, 11) is 52.5. The fourth-order valence-electron chi connectivity index (χ4n) is 8.33. The summed E-state index contributed by atoms with van der Waals surface area (Å²) < 4.78 is 14.8. The highest BCUT2D eigenvalue weighted by atomic mass is 16.3. The normalized spacial score (nSPS) is 11.9. The first-order valence-electron chi connectivity index (χ1n) is 18.6. The molecule has 0 atom stereocenters. The Balaban J connectivity index is 1.17. The van der Waals surface area contributed by atoms with Gasteiger partial charge in [0.2, 0.25) is 5.95 Å². The van der Waals surface area contributed by atoms with Crippen LogP contribution >= 0.6 is 0 Å². The van der Waals surface area contributed by atoms with Crippen molar-refractivity contribution in [2.75, 3.05) is 0 Å². The molecule has 254 valence electrons. The number of para-hydroxylation sites is 3. The molecule has 0 spiro atoms. The van der Waals surface area contributed by atoms with Gasteiger partial charge in [0.1, 0.15) is 85.1 Å². The molecule has 14 heteroatoms. The third kappa shape index (κ3) is 5.08. The predicted octanol–water partition coefficient (Wildman–Crippen LogP) is 2.12. The van der Waals surface area contributed by atoms with Crippen molar-refractivity contribution in [2.24, 2.45) is 0 Å². The van der Waals surface area contributed by atoms with Gasteiger partial charge < -0.3 is 8.83 Å². The molecule has 16 radical (unpaired) electrons. The van der Waals surface area contributed by atoms with E-state index in [1.807, 2.05) is 91.0 Å². The molecule has 7 aromatic carbocycles. The second-order valence-corrected chi connectivity index (χ2v) is 14.5. The molecule has 0 unspecified atom stereocenters. The van der Waals surface area contributed by atoms with E-state index in [-0.39, 0.29) is 49.7 Å². The number of hydrogen-bond acceptors (Lipinski definition) is 5. The summed E-state index contributed by atoms with van der Waals surface area (Å²) in [6.07, 6.45) is 0. The van der Waals surface area contributed by atoms with E-state index in [0.29, 0.717) is 50.2 Å². The Bertz CT molecular complexity index is 3540. The quantitative estimate of drug-likeness (QED) is 0.260. The molecule has 0 saturated carbocycles. The lowest BCUT2D eigenvalue weighted by atomic mass is 9.63. The van der Waals surface area contributed by atoms with Gasteiger partial charge in [0.05, 0.1) is 0 Å². The Labute approximate surface area is 348 Å². The van der Waals surface area contributed by atoms with E-state index in [1.165, 1.54) is 0 Å². The summed E-state index contributed by atoms with van der Waals surface area (Å²) in [5.74, 6) is 0.810. The molecule has 0 aliphatic carbocycles. The molecule has 59 heavy (non-hydrogen) atoms. The molecule has 4 aromatic heterocycles. The molecular formula is C45H18B8N4O2. The van der Waals surface area contributed by atoms with E-state index in [1.54, 1.807) is 4.57 Å². The molecule has 11 aromatic rings. The van der Waals surface area contributed by atoms with Crippen LogP contribution in [-0.2, 0) is 0 Å². The number of nitrogens with zero attached hydrogens (tertiary/aromatic N) is 4. The summed E-state index contributed by atoms with van der Waals surface area (Å²) in [5, 5.41) is 4.69. The lowest BCUT2D eigenvalue weighted by Gasteiger charge is -2.17. The minimum atomic E-state index is 0.0703. The highest BCUT2D eigenvalue weighted by molar-refractivity contribution is 6.71. The lowest BCUT2D eigenvalue weighted by molar-refractivity contribution is 0.665. The Morgan fingerprint density at radius 3 is 1.49 bits per heavy atom. The molecule has 0 bridgehead atoms. The summed E-state index contributed by atoms with van der Waals surface area (Å²) in [6.45, 7) is 0. The molecule has 0 fully saturated rings. The zero-order chi connectivity index (χ0) is 40.4. The van der Waals surface area contributed by atoms with Crippen LogP contribution in [0, 0.1) is 0 Å². The standard InChI is InChI=1S/C45H18B8N4O2/c46-31-29-30-32(47)34(49)36(51)38(53)40(30)57(39(29)37(52)35(50)33(31)48)45-55-43(19-8-2-1-3-9-19)54-44(56-45)20-16-17-22-24-12-7-14-26(42(24)59-28(22)18-20)25-13-6-11-23-21-10-4-5-15-27(21)58-41(23)25/h1-18H. The molecule has 11 rings (SSSR count). The highest BCUT2D eigenvalue weighted by Crippen LogP contribution is 2.41. The Kier molecular flexibility index (Phi) is 7.84. The molecule has 6 nitrogen and oxygen atoms in total. The fourth-order valence-corrected chi connectivity index (χ4v) is 8.33. The van der Waals surface area contributed by atoms with Gasteiger partial charge in [-0.2, -0.15) is 9.97 Å². The minimum absolute atomic E-state index is 0.0703. The van der Waals surface area contributed by atoms with Gasteiger partial charge in [-0.05, 0) is 29.0 Å². The zero-order valence-corrected chi connectivity index (χ0v) is 31.1. The van der Waals surface area contributed by atoms with Crippen LogP contribution in [-0.4, -0.2) is 82.3 Å². The molecule has 4 heterocycles. The van der Waals surface area contributed by atoms with Crippen LogP contribution in [0.5, 0.6) is 0 Å². The largest absolute Gasteiger partial charge is 0.455 e. The van der Waals surface area contributed by atoms with E-state index < -0.39 is 0 Å². The van der Waals surface area contributed by atoms with Crippen molar-refractivity contribution < 1.29 is 8.83 Å². The smallest absolute Gasteiger partial charge is 0.238 e. The van der Waals surface area contributed by atoms with Gasteiger partial charge in [-0.25, -0.2) is 4.98 Å². The van der Waals surface area contributed by atoms with Crippen molar-refractivity contribution in [2.45, 2.75) is 0 Å². The molecular weight excluding hydrogens is 715 g/mol. The van der Waals surface area contributed by atoms with Crippen LogP contribution < -0.4 is 43.7 Å². The molecule has 0 N–H and O–H groups in total. The van der Waals surface area contributed by atoms with Crippen LogP contribution in [0.15, 0.2) is 118 Å². The first-order valence-corrected chi connectivity index (χ1v) is 18.6. The summed E-state index contributed by atoms with van der Waals surface area (Å²) in [5.41, 5.74) is 7.59. The number of rotatable bonds is 4. The maximum atomic E-state index is 6.75. The topological polar surface area (TPSA) is 69.9 Å². The second-order valence-electron chi connectivity index (χ2n) is 14.5. The summed E-state index contributed by atoms with van der Waals surface area (Å²) in [6, 6.07) is 35.7. The summed E-state index contributed by atoms with van der Waals surface area (Å²) in [4.78, 5) is 15.0. The Morgan fingerprint density at radius 2 is 0.881 bits per heavy atom. The lowest BCUT2D eigenvalue weighted by Crippen LogP contribution is -2.49. The van der Waals surface area contributed by atoms with Crippen LogP contribution in [0.25, 0.3) is 106 Å². The van der Waals surface area contributed by atoms with E-state index in [4.69, 9.17) is 86.6 Å². The van der Waals surface area contributed by atoms with Gasteiger partial charge in [-0.1, -0.05) is 113 Å². The third-order valence-electron chi connectivity index (χ3n) is 11.3. The second kappa shape index (κ2) is 13.0. The first-order chi connectivity index (χ1) is 28.6. The number of benzene rings is 7. The Hall–Kier alpha value is -6.53. The van der Waals surface area contributed by atoms with Crippen molar-refractivity contribution in [3.63, 3.8) is 0 Å². The number of aromatic nitrogens is 4. The average Bonchev–Trinajstić information content (AvgIpc) is 3.96. The minimum Gasteiger partial charge on any atom is -0.455 e.